The van der Waals surface area contributed by atoms with Crippen LogP contribution in [0.5, 0.6) is 0 Å². The van der Waals surface area contributed by atoms with Crippen LogP contribution in [-0.2, 0) is 0 Å². The van der Waals surface area contributed by atoms with Gasteiger partial charge in [-0.2, -0.15) is 0 Å². The van der Waals surface area contributed by atoms with Crippen LogP contribution in [0.4, 0.5) is 0 Å². The average Bonchev–Trinajstić information content (AvgIpc) is 2.27. The van der Waals surface area contributed by atoms with Crippen LogP contribution in [0.25, 0.3) is 10.9 Å². The molecule has 0 aliphatic rings. The molecule has 2 rings (SSSR count). The molecule has 4 nitrogen and oxygen atoms in total. The van der Waals surface area contributed by atoms with Crippen LogP contribution < -0.4 is 0 Å². The fraction of sp³-hybridized carbons (Fsp3) is 0.167. The Balaban J connectivity index is 2.78. The van der Waals surface area contributed by atoms with Gasteiger partial charge in [-0.25, -0.2) is 9.78 Å². The number of aliphatic hydroxyl groups excluding tert-OH is 1. The summed E-state index contributed by atoms with van der Waals surface area (Å²) in [6.07, 6.45) is -0.717. The van der Waals surface area contributed by atoms with Crippen molar-refractivity contribution in [1.82, 2.24) is 4.98 Å². The lowest BCUT2D eigenvalue weighted by molar-refractivity contribution is 0.0690. The van der Waals surface area contributed by atoms with Crippen molar-refractivity contribution in [1.29, 1.82) is 0 Å². The maximum Gasteiger partial charge on any atom is 0.354 e. The second-order valence-corrected chi connectivity index (χ2v) is 3.59. The third kappa shape index (κ3) is 1.75. The third-order valence-corrected chi connectivity index (χ3v) is 2.42. The maximum absolute atomic E-state index is 10.9. The molecule has 0 radical (unpaired) electrons. The van der Waals surface area contributed by atoms with Gasteiger partial charge in [-0.1, -0.05) is 18.2 Å². The molecular formula is C12H11NO3. The van der Waals surface area contributed by atoms with Gasteiger partial charge in [-0.3, -0.25) is 0 Å². The SMILES string of the molecule is CC(O)c1cc(C(=O)O)nc2ccccc12. The molecule has 2 aromatic rings. The maximum atomic E-state index is 10.9. The van der Waals surface area contributed by atoms with E-state index in [4.69, 9.17) is 5.11 Å². The molecule has 1 aromatic carbocycles. The fourth-order valence-electron chi connectivity index (χ4n) is 1.66. The van der Waals surface area contributed by atoms with E-state index in [0.717, 1.165) is 5.39 Å². The zero-order valence-corrected chi connectivity index (χ0v) is 8.71. The van der Waals surface area contributed by atoms with Crippen molar-refractivity contribution in [3.05, 3.63) is 41.6 Å². The van der Waals surface area contributed by atoms with E-state index in [0.29, 0.717) is 11.1 Å². The van der Waals surface area contributed by atoms with E-state index in [9.17, 15) is 9.90 Å². The molecular weight excluding hydrogens is 206 g/mol. The van der Waals surface area contributed by atoms with Gasteiger partial charge >= 0.3 is 5.97 Å². The van der Waals surface area contributed by atoms with Gasteiger partial charge in [0.25, 0.3) is 0 Å². The molecule has 16 heavy (non-hydrogen) atoms. The van der Waals surface area contributed by atoms with E-state index in [1.165, 1.54) is 6.07 Å². The number of para-hydroxylation sites is 1. The van der Waals surface area contributed by atoms with Gasteiger partial charge in [-0.05, 0) is 24.6 Å². The largest absolute Gasteiger partial charge is 0.477 e. The Bertz CT molecular complexity index is 549. The van der Waals surface area contributed by atoms with E-state index >= 15 is 0 Å². The molecule has 82 valence electrons. The van der Waals surface area contributed by atoms with Gasteiger partial charge in [-0.15, -0.1) is 0 Å². The monoisotopic (exact) mass is 217 g/mol. The Labute approximate surface area is 92.2 Å². The predicted molar refractivity (Wildman–Crippen MR) is 59.3 cm³/mol. The van der Waals surface area contributed by atoms with Gasteiger partial charge < -0.3 is 10.2 Å². The normalized spacial score (nSPS) is 12.6. The van der Waals surface area contributed by atoms with Crippen molar-refractivity contribution < 1.29 is 15.0 Å². The quantitative estimate of drug-likeness (QED) is 0.807. The Morgan fingerprint density at radius 2 is 2.06 bits per heavy atom. The van der Waals surface area contributed by atoms with Crippen molar-refractivity contribution in [2.75, 3.05) is 0 Å². The van der Waals surface area contributed by atoms with Crippen LogP contribution in [0.1, 0.15) is 29.1 Å². The first-order chi connectivity index (χ1) is 7.59. The standard InChI is InChI=1S/C12H11NO3/c1-7(14)9-6-11(12(15)16)13-10-5-3-2-4-8(9)10/h2-7,14H,1H3,(H,15,16). The Morgan fingerprint density at radius 1 is 1.38 bits per heavy atom. The predicted octanol–water partition coefficient (Wildman–Crippen LogP) is 1.99. The van der Waals surface area contributed by atoms with Crippen LogP contribution in [0, 0.1) is 0 Å². The first-order valence-electron chi connectivity index (χ1n) is 4.90. The van der Waals surface area contributed by atoms with Crippen molar-refractivity contribution in [2.24, 2.45) is 0 Å². The Kier molecular flexibility index (Phi) is 2.58. The lowest BCUT2D eigenvalue weighted by atomic mass is 10.0. The van der Waals surface area contributed by atoms with Crippen molar-refractivity contribution in [3.8, 4) is 0 Å². The van der Waals surface area contributed by atoms with Crippen molar-refractivity contribution in [2.45, 2.75) is 13.0 Å². The van der Waals surface area contributed by atoms with Crippen LogP contribution >= 0.6 is 0 Å². The first kappa shape index (κ1) is 10.6. The number of pyridine rings is 1. The second kappa shape index (κ2) is 3.90. The van der Waals surface area contributed by atoms with E-state index in [2.05, 4.69) is 4.98 Å². The molecule has 0 saturated carbocycles. The number of rotatable bonds is 2. The third-order valence-electron chi connectivity index (χ3n) is 2.42. The van der Waals surface area contributed by atoms with E-state index in [1.54, 1.807) is 19.1 Å². The molecule has 0 fully saturated rings. The molecule has 4 heteroatoms. The zero-order chi connectivity index (χ0) is 11.7. The minimum absolute atomic E-state index is 0.0467. The highest BCUT2D eigenvalue weighted by molar-refractivity contribution is 5.91. The molecule has 1 aromatic heterocycles. The number of hydrogen-bond donors (Lipinski definition) is 2. The minimum atomic E-state index is -1.09. The summed E-state index contributed by atoms with van der Waals surface area (Å²) in [6, 6.07) is 8.57. The second-order valence-electron chi connectivity index (χ2n) is 3.59. The smallest absolute Gasteiger partial charge is 0.354 e. The molecule has 1 heterocycles. The van der Waals surface area contributed by atoms with Crippen molar-refractivity contribution in [3.63, 3.8) is 0 Å². The molecule has 0 spiro atoms. The van der Waals surface area contributed by atoms with Gasteiger partial charge in [0.2, 0.25) is 0 Å². The van der Waals surface area contributed by atoms with Crippen LogP contribution in [0.15, 0.2) is 30.3 Å². The van der Waals surface area contributed by atoms with Crippen LogP contribution in [0.3, 0.4) is 0 Å². The van der Waals surface area contributed by atoms with Gasteiger partial charge in [0.1, 0.15) is 5.69 Å². The number of carbonyl (C=O) groups is 1. The molecule has 1 unspecified atom stereocenters. The van der Waals surface area contributed by atoms with Gasteiger partial charge in [0.15, 0.2) is 0 Å². The molecule has 0 saturated heterocycles. The molecule has 0 aliphatic heterocycles. The zero-order valence-electron chi connectivity index (χ0n) is 8.71. The van der Waals surface area contributed by atoms with Crippen LogP contribution in [-0.4, -0.2) is 21.2 Å². The van der Waals surface area contributed by atoms with E-state index in [-0.39, 0.29) is 5.69 Å². The summed E-state index contributed by atoms with van der Waals surface area (Å²) < 4.78 is 0. The fourth-order valence-corrected chi connectivity index (χ4v) is 1.66. The number of aliphatic hydroxyl groups is 1. The number of fused-ring (bicyclic) bond motifs is 1. The summed E-state index contributed by atoms with van der Waals surface area (Å²) in [4.78, 5) is 14.9. The molecule has 1 atom stereocenters. The lowest BCUT2D eigenvalue weighted by Gasteiger charge is -2.09. The summed E-state index contributed by atoms with van der Waals surface area (Å²) in [7, 11) is 0. The number of carboxylic acid groups (broad SMARTS) is 1. The highest BCUT2D eigenvalue weighted by Crippen LogP contribution is 2.23. The number of aromatic nitrogens is 1. The van der Waals surface area contributed by atoms with Gasteiger partial charge in [0.05, 0.1) is 11.6 Å². The number of aromatic carboxylic acids is 1. The summed E-state index contributed by atoms with van der Waals surface area (Å²) in [6.45, 7) is 1.60. The number of hydrogen-bond acceptors (Lipinski definition) is 3. The number of benzene rings is 1. The summed E-state index contributed by atoms with van der Waals surface area (Å²) in [5.41, 5.74) is 1.12. The van der Waals surface area contributed by atoms with Gasteiger partial charge in [0, 0.05) is 5.39 Å². The minimum Gasteiger partial charge on any atom is -0.477 e. The van der Waals surface area contributed by atoms with Crippen molar-refractivity contribution >= 4 is 16.9 Å². The number of carboxylic acids is 1. The molecule has 0 amide bonds. The summed E-state index contributed by atoms with van der Waals surface area (Å²) >= 11 is 0. The summed E-state index contributed by atoms with van der Waals surface area (Å²) in [5.74, 6) is -1.09. The number of nitrogens with zero attached hydrogens (tertiary/aromatic N) is 1. The molecule has 2 N–H and O–H groups in total. The van der Waals surface area contributed by atoms with E-state index < -0.39 is 12.1 Å². The topological polar surface area (TPSA) is 70.4 Å². The lowest BCUT2D eigenvalue weighted by Crippen LogP contribution is -2.04. The first-order valence-corrected chi connectivity index (χ1v) is 4.90. The highest BCUT2D eigenvalue weighted by atomic mass is 16.4. The molecule has 0 aliphatic carbocycles. The average molecular weight is 217 g/mol. The van der Waals surface area contributed by atoms with Crippen LogP contribution in [0.2, 0.25) is 0 Å². The Hall–Kier alpha value is -1.94. The molecule has 0 bridgehead atoms. The van der Waals surface area contributed by atoms with E-state index in [1.807, 2.05) is 12.1 Å². The summed E-state index contributed by atoms with van der Waals surface area (Å²) in [5, 5.41) is 19.3. The Morgan fingerprint density at radius 3 is 2.69 bits per heavy atom. The highest BCUT2D eigenvalue weighted by Gasteiger charge is 2.13.